The lowest BCUT2D eigenvalue weighted by molar-refractivity contribution is 0.0593. The number of nitrogens with one attached hydrogen (secondary N) is 1. The molecule has 0 saturated heterocycles. The van der Waals surface area contributed by atoms with Gasteiger partial charge in [0.15, 0.2) is 10.8 Å². The summed E-state index contributed by atoms with van der Waals surface area (Å²) in [5.74, 6) is -0.0757. The number of nitrogens with zero attached hydrogens (tertiary/aromatic N) is 1. The lowest BCUT2D eigenvalue weighted by atomic mass is 10.1. The second-order valence-electron chi connectivity index (χ2n) is 3.80. The molecule has 1 rings (SSSR count). The zero-order chi connectivity index (χ0) is 12.1. The predicted molar refractivity (Wildman–Crippen MR) is 66.3 cm³/mol. The van der Waals surface area contributed by atoms with E-state index in [0.717, 1.165) is 23.0 Å². The maximum Gasteiger partial charge on any atom is 0.357 e. The third kappa shape index (κ3) is 2.95. The highest BCUT2D eigenvalue weighted by Crippen LogP contribution is 2.30. The Balaban J connectivity index is 2.95. The number of hydrogen-bond donors (Lipinski definition) is 1. The molecule has 0 aliphatic carbocycles. The SMILES string of the molecule is CCCNc1nc(C(=O)OC)c(C(C)C)s1. The van der Waals surface area contributed by atoms with E-state index in [1.54, 1.807) is 0 Å². The number of thiazole rings is 1. The maximum atomic E-state index is 11.5. The molecule has 0 saturated carbocycles. The fraction of sp³-hybridized carbons (Fsp3) is 0.636. The number of anilines is 1. The van der Waals surface area contributed by atoms with Gasteiger partial charge in [0.2, 0.25) is 0 Å². The van der Waals surface area contributed by atoms with Crippen LogP contribution in [-0.2, 0) is 4.74 Å². The van der Waals surface area contributed by atoms with Crippen LogP contribution in [0.2, 0.25) is 0 Å². The van der Waals surface area contributed by atoms with Gasteiger partial charge in [-0.15, -0.1) is 11.3 Å². The Hall–Kier alpha value is -1.10. The van der Waals surface area contributed by atoms with Gasteiger partial charge in [-0.05, 0) is 12.3 Å². The quantitative estimate of drug-likeness (QED) is 0.807. The molecule has 0 aliphatic rings. The summed E-state index contributed by atoms with van der Waals surface area (Å²) >= 11 is 1.53. The number of aromatic nitrogens is 1. The van der Waals surface area contributed by atoms with Crippen LogP contribution in [0.3, 0.4) is 0 Å². The molecule has 0 bridgehead atoms. The second kappa shape index (κ2) is 5.84. The number of rotatable bonds is 5. The molecule has 16 heavy (non-hydrogen) atoms. The first-order valence-corrected chi connectivity index (χ1v) is 6.24. The highest BCUT2D eigenvalue weighted by atomic mass is 32.1. The van der Waals surface area contributed by atoms with Crippen molar-refractivity contribution >= 4 is 22.4 Å². The molecule has 1 aromatic heterocycles. The molecule has 90 valence electrons. The lowest BCUT2D eigenvalue weighted by Crippen LogP contribution is -2.06. The van der Waals surface area contributed by atoms with E-state index in [-0.39, 0.29) is 11.9 Å². The summed E-state index contributed by atoms with van der Waals surface area (Å²) in [6.45, 7) is 7.05. The Labute approximate surface area is 100 Å². The molecule has 1 heterocycles. The summed E-state index contributed by atoms with van der Waals surface area (Å²) in [6.07, 6.45) is 1.03. The van der Waals surface area contributed by atoms with Crippen molar-refractivity contribution in [3.8, 4) is 0 Å². The van der Waals surface area contributed by atoms with Gasteiger partial charge in [-0.1, -0.05) is 20.8 Å². The third-order valence-electron chi connectivity index (χ3n) is 2.08. The van der Waals surface area contributed by atoms with Crippen LogP contribution in [0.25, 0.3) is 0 Å². The van der Waals surface area contributed by atoms with Gasteiger partial charge in [0.05, 0.1) is 7.11 Å². The van der Waals surface area contributed by atoms with Gasteiger partial charge in [0.25, 0.3) is 0 Å². The van der Waals surface area contributed by atoms with Crippen molar-refractivity contribution in [1.29, 1.82) is 0 Å². The Morgan fingerprint density at radius 1 is 1.56 bits per heavy atom. The molecular weight excluding hydrogens is 224 g/mol. The summed E-state index contributed by atoms with van der Waals surface area (Å²) in [7, 11) is 1.38. The number of methoxy groups -OCH3 is 1. The first-order chi connectivity index (χ1) is 7.60. The monoisotopic (exact) mass is 242 g/mol. The average molecular weight is 242 g/mol. The summed E-state index contributed by atoms with van der Waals surface area (Å²) in [6, 6.07) is 0. The zero-order valence-electron chi connectivity index (χ0n) is 10.2. The summed E-state index contributed by atoms with van der Waals surface area (Å²) in [5.41, 5.74) is 0.445. The third-order valence-corrected chi connectivity index (χ3v) is 3.40. The molecule has 1 N–H and O–H groups in total. The Morgan fingerprint density at radius 2 is 2.25 bits per heavy atom. The minimum absolute atomic E-state index is 0.281. The van der Waals surface area contributed by atoms with Crippen LogP contribution < -0.4 is 5.32 Å². The molecule has 0 fully saturated rings. The fourth-order valence-corrected chi connectivity index (χ4v) is 2.25. The number of ether oxygens (including phenoxy) is 1. The largest absolute Gasteiger partial charge is 0.464 e. The minimum Gasteiger partial charge on any atom is -0.464 e. The summed E-state index contributed by atoms with van der Waals surface area (Å²) in [5, 5.41) is 3.99. The molecule has 0 aliphatic heterocycles. The van der Waals surface area contributed by atoms with E-state index in [0.29, 0.717) is 5.69 Å². The van der Waals surface area contributed by atoms with Crippen molar-refractivity contribution in [2.75, 3.05) is 19.0 Å². The van der Waals surface area contributed by atoms with Gasteiger partial charge in [-0.25, -0.2) is 9.78 Å². The number of esters is 1. The van der Waals surface area contributed by atoms with E-state index in [1.165, 1.54) is 18.4 Å². The molecule has 5 heteroatoms. The Bertz CT molecular complexity index is 361. The number of carbonyl (C=O) groups is 1. The first kappa shape index (κ1) is 13.0. The van der Waals surface area contributed by atoms with Gasteiger partial charge in [-0.3, -0.25) is 0 Å². The van der Waals surface area contributed by atoms with Crippen LogP contribution in [0, 0.1) is 0 Å². The topological polar surface area (TPSA) is 51.2 Å². The van der Waals surface area contributed by atoms with Crippen LogP contribution in [0.4, 0.5) is 5.13 Å². The first-order valence-electron chi connectivity index (χ1n) is 5.43. The second-order valence-corrected chi connectivity index (χ2v) is 4.84. The van der Waals surface area contributed by atoms with Crippen molar-refractivity contribution in [3.05, 3.63) is 10.6 Å². The average Bonchev–Trinajstić information content (AvgIpc) is 2.69. The molecule has 0 spiro atoms. The zero-order valence-corrected chi connectivity index (χ0v) is 11.0. The normalized spacial score (nSPS) is 10.6. The Morgan fingerprint density at radius 3 is 2.75 bits per heavy atom. The molecule has 0 unspecified atom stereocenters. The van der Waals surface area contributed by atoms with Crippen molar-refractivity contribution in [3.63, 3.8) is 0 Å². The van der Waals surface area contributed by atoms with Crippen LogP contribution >= 0.6 is 11.3 Å². The standard InChI is InChI=1S/C11H18N2O2S/c1-5-6-12-11-13-8(10(14)15-4)9(16-11)7(2)3/h7H,5-6H2,1-4H3,(H,12,13). The van der Waals surface area contributed by atoms with E-state index in [1.807, 2.05) is 13.8 Å². The molecule has 0 atom stereocenters. The molecule has 4 nitrogen and oxygen atoms in total. The van der Waals surface area contributed by atoms with Crippen LogP contribution in [0.15, 0.2) is 0 Å². The van der Waals surface area contributed by atoms with Crippen molar-refractivity contribution in [2.24, 2.45) is 0 Å². The molecule has 0 radical (unpaired) electrons. The van der Waals surface area contributed by atoms with Gasteiger partial charge < -0.3 is 10.1 Å². The van der Waals surface area contributed by atoms with Crippen molar-refractivity contribution in [2.45, 2.75) is 33.1 Å². The van der Waals surface area contributed by atoms with Crippen molar-refractivity contribution in [1.82, 2.24) is 4.98 Å². The lowest BCUT2D eigenvalue weighted by Gasteiger charge is -2.02. The summed E-state index contributed by atoms with van der Waals surface area (Å²) < 4.78 is 4.72. The van der Waals surface area contributed by atoms with E-state index in [9.17, 15) is 4.79 Å². The van der Waals surface area contributed by atoms with Crippen LogP contribution in [-0.4, -0.2) is 24.6 Å². The summed E-state index contributed by atoms with van der Waals surface area (Å²) in [4.78, 5) is 16.8. The highest BCUT2D eigenvalue weighted by molar-refractivity contribution is 7.16. The fourth-order valence-electron chi connectivity index (χ4n) is 1.27. The van der Waals surface area contributed by atoms with Gasteiger partial charge in [0, 0.05) is 11.4 Å². The maximum absolute atomic E-state index is 11.5. The van der Waals surface area contributed by atoms with E-state index < -0.39 is 0 Å². The minimum atomic E-state index is -0.357. The molecule has 0 aromatic carbocycles. The molecule has 0 amide bonds. The van der Waals surface area contributed by atoms with Crippen LogP contribution in [0.1, 0.15) is 48.5 Å². The van der Waals surface area contributed by atoms with Gasteiger partial charge >= 0.3 is 5.97 Å². The van der Waals surface area contributed by atoms with E-state index in [2.05, 4.69) is 17.2 Å². The molecular formula is C11H18N2O2S. The highest BCUT2D eigenvalue weighted by Gasteiger charge is 2.20. The smallest absolute Gasteiger partial charge is 0.357 e. The van der Waals surface area contributed by atoms with Crippen LogP contribution in [0.5, 0.6) is 0 Å². The number of carbonyl (C=O) groups excluding carboxylic acids is 1. The Kier molecular flexibility index (Phi) is 4.73. The van der Waals surface area contributed by atoms with E-state index >= 15 is 0 Å². The van der Waals surface area contributed by atoms with Gasteiger partial charge in [-0.2, -0.15) is 0 Å². The molecule has 1 aromatic rings. The van der Waals surface area contributed by atoms with E-state index in [4.69, 9.17) is 4.74 Å². The predicted octanol–water partition coefficient (Wildman–Crippen LogP) is 2.88. The van der Waals surface area contributed by atoms with Crippen molar-refractivity contribution < 1.29 is 9.53 Å². The van der Waals surface area contributed by atoms with Gasteiger partial charge in [0.1, 0.15) is 0 Å². The number of hydrogen-bond acceptors (Lipinski definition) is 5.